The highest BCUT2D eigenvalue weighted by Crippen LogP contribution is 2.13. The van der Waals surface area contributed by atoms with E-state index in [4.69, 9.17) is 0 Å². The first-order chi connectivity index (χ1) is 11.8. The smallest absolute Gasteiger partial charge is 0.253 e. The van der Waals surface area contributed by atoms with Gasteiger partial charge in [-0.15, -0.1) is 0 Å². The minimum Gasteiger partial charge on any atom is -0.341 e. The van der Waals surface area contributed by atoms with E-state index in [1.165, 1.54) is 12.1 Å². The highest BCUT2D eigenvalue weighted by Gasteiger charge is 2.18. The quantitative estimate of drug-likeness (QED) is 0.705. The number of nitrogens with one attached hydrogen (secondary N) is 2. The van der Waals surface area contributed by atoms with Gasteiger partial charge in [-0.1, -0.05) is 6.07 Å². The zero-order valence-electron chi connectivity index (χ0n) is 14.3. The molecule has 2 rings (SSSR count). The molecule has 2 aromatic rings. The van der Waals surface area contributed by atoms with Crippen molar-refractivity contribution in [3.8, 4) is 0 Å². The van der Waals surface area contributed by atoms with E-state index in [1.807, 2.05) is 6.26 Å². The van der Waals surface area contributed by atoms with Gasteiger partial charge in [0, 0.05) is 24.9 Å². The van der Waals surface area contributed by atoms with Crippen LogP contribution in [0.4, 0.5) is 0 Å². The summed E-state index contributed by atoms with van der Waals surface area (Å²) in [4.78, 5) is 18.0. The number of H-pyrrole nitrogens is 1. The minimum atomic E-state index is -3.77. The summed E-state index contributed by atoms with van der Waals surface area (Å²) in [6.45, 7) is 2.30. The van der Waals surface area contributed by atoms with Crippen molar-refractivity contribution in [1.82, 2.24) is 24.8 Å². The molecular weight excluding hydrogens is 362 g/mol. The Morgan fingerprint density at radius 1 is 1.40 bits per heavy atom. The lowest BCUT2D eigenvalue weighted by Crippen LogP contribution is -2.29. The summed E-state index contributed by atoms with van der Waals surface area (Å²) < 4.78 is 27.3. The third-order valence-corrected chi connectivity index (χ3v) is 5.42. The highest BCUT2D eigenvalue weighted by atomic mass is 32.2. The van der Waals surface area contributed by atoms with E-state index in [1.54, 1.807) is 42.8 Å². The van der Waals surface area contributed by atoms with E-state index in [0.717, 1.165) is 5.75 Å². The molecule has 0 aliphatic rings. The monoisotopic (exact) mass is 383 g/mol. The predicted molar refractivity (Wildman–Crippen MR) is 96.9 cm³/mol. The largest absolute Gasteiger partial charge is 0.341 e. The van der Waals surface area contributed by atoms with E-state index < -0.39 is 10.0 Å². The zero-order valence-corrected chi connectivity index (χ0v) is 15.9. The SMILES string of the molecule is CSCCN(C)C(=O)c1cccc(S(=O)(=O)NCc2n[nH]c(C)n2)c1. The Bertz CT molecular complexity index is 835. The summed E-state index contributed by atoms with van der Waals surface area (Å²) in [6.07, 6.45) is 1.97. The summed E-state index contributed by atoms with van der Waals surface area (Å²) in [5, 5.41) is 6.53. The van der Waals surface area contributed by atoms with E-state index >= 15 is 0 Å². The molecule has 0 aliphatic heterocycles. The number of rotatable bonds is 8. The van der Waals surface area contributed by atoms with Crippen molar-refractivity contribution < 1.29 is 13.2 Å². The molecule has 136 valence electrons. The van der Waals surface area contributed by atoms with Crippen LogP contribution in [0, 0.1) is 6.92 Å². The molecule has 0 aliphatic carbocycles. The maximum atomic E-state index is 12.4. The Morgan fingerprint density at radius 3 is 2.80 bits per heavy atom. The van der Waals surface area contributed by atoms with Crippen LogP contribution < -0.4 is 4.72 Å². The molecule has 2 N–H and O–H groups in total. The molecule has 0 atom stereocenters. The fourth-order valence-electron chi connectivity index (χ4n) is 2.06. The third-order valence-electron chi connectivity index (χ3n) is 3.43. The lowest BCUT2D eigenvalue weighted by Gasteiger charge is -2.17. The van der Waals surface area contributed by atoms with Crippen molar-refractivity contribution in [3.63, 3.8) is 0 Å². The predicted octanol–water partition coefficient (Wildman–Crippen LogP) is 1.03. The number of thioether (sulfide) groups is 1. The molecule has 0 spiro atoms. The molecule has 1 amide bonds. The molecule has 0 radical (unpaired) electrons. The molecule has 0 bridgehead atoms. The summed E-state index contributed by atoms with van der Waals surface area (Å²) in [5.74, 6) is 1.56. The van der Waals surface area contributed by atoms with E-state index in [-0.39, 0.29) is 17.3 Å². The van der Waals surface area contributed by atoms with Gasteiger partial charge in [-0.2, -0.15) is 16.9 Å². The maximum absolute atomic E-state index is 12.4. The van der Waals surface area contributed by atoms with Crippen molar-refractivity contribution in [2.45, 2.75) is 18.4 Å². The Morgan fingerprint density at radius 2 is 2.16 bits per heavy atom. The summed E-state index contributed by atoms with van der Waals surface area (Å²) in [6, 6.07) is 5.99. The summed E-state index contributed by atoms with van der Waals surface area (Å²) in [7, 11) is -2.07. The molecule has 10 heteroatoms. The standard InChI is InChI=1S/C15H21N5O3S2/c1-11-17-14(19-18-11)10-16-25(22,23)13-6-4-5-12(9-13)15(21)20(2)7-8-24-3/h4-6,9,16H,7-8,10H2,1-3H3,(H,17,18,19). The first-order valence-electron chi connectivity index (χ1n) is 7.55. The fraction of sp³-hybridized carbons (Fsp3) is 0.400. The number of nitrogens with zero attached hydrogens (tertiary/aromatic N) is 3. The second-order valence-corrected chi connectivity index (χ2v) is 8.16. The van der Waals surface area contributed by atoms with E-state index in [2.05, 4.69) is 19.9 Å². The molecule has 0 saturated heterocycles. The average Bonchev–Trinajstić information content (AvgIpc) is 3.03. The number of aryl methyl sites for hydroxylation is 1. The van der Waals surface area contributed by atoms with Crippen molar-refractivity contribution in [2.75, 3.05) is 25.6 Å². The van der Waals surface area contributed by atoms with Crippen LogP contribution in [-0.2, 0) is 16.6 Å². The second-order valence-electron chi connectivity index (χ2n) is 5.41. The van der Waals surface area contributed by atoms with Gasteiger partial charge in [0.05, 0.1) is 11.4 Å². The van der Waals surface area contributed by atoms with Crippen LogP contribution in [-0.4, -0.2) is 60.0 Å². The molecule has 1 aromatic heterocycles. The van der Waals surface area contributed by atoms with Gasteiger partial charge in [0.1, 0.15) is 5.82 Å². The number of carbonyl (C=O) groups excluding carboxylic acids is 1. The van der Waals surface area contributed by atoms with Gasteiger partial charge in [0.2, 0.25) is 10.0 Å². The van der Waals surface area contributed by atoms with Crippen LogP contribution in [0.2, 0.25) is 0 Å². The molecule has 1 heterocycles. The van der Waals surface area contributed by atoms with Gasteiger partial charge in [0.15, 0.2) is 5.82 Å². The van der Waals surface area contributed by atoms with Crippen molar-refractivity contribution in [3.05, 3.63) is 41.5 Å². The van der Waals surface area contributed by atoms with Gasteiger partial charge < -0.3 is 4.90 Å². The van der Waals surface area contributed by atoms with Crippen molar-refractivity contribution in [1.29, 1.82) is 0 Å². The van der Waals surface area contributed by atoms with Gasteiger partial charge in [-0.3, -0.25) is 9.89 Å². The Hall–Kier alpha value is -1.91. The second kappa shape index (κ2) is 8.45. The van der Waals surface area contributed by atoms with Crippen LogP contribution in [0.3, 0.4) is 0 Å². The number of amides is 1. The van der Waals surface area contributed by atoms with Gasteiger partial charge in [-0.05, 0) is 31.4 Å². The lowest BCUT2D eigenvalue weighted by molar-refractivity contribution is 0.0803. The van der Waals surface area contributed by atoms with Crippen LogP contribution in [0.5, 0.6) is 0 Å². The lowest BCUT2D eigenvalue weighted by atomic mass is 10.2. The summed E-state index contributed by atoms with van der Waals surface area (Å²) in [5.41, 5.74) is 0.334. The molecule has 25 heavy (non-hydrogen) atoms. The maximum Gasteiger partial charge on any atom is 0.253 e. The minimum absolute atomic E-state index is 0.0293. The Kier molecular flexibility index (Phi) is 6.57. The number of carbonyl (C=O) groups is 1. The average molecular weight is 383 g/mol. The van der Waals surface area contributed by atoms with Gasteiger partial charge in [-0.25, -0.2) is 18.1 Å². The molecule has 0 unspecified atom stereocenters. The highest BCUT2D eigenvalue weighted by molar-refractivity contribution is 7.98. The Labute approximate surface area is 151 Å². The molecule has 8 nitrogen and oxygen atoms in total. The van der Waals surface area contributed by atoms with Crippen molar-refractivity contribution >= 4 is 27.7 Å². The molecule has 0 fully saturated rings. The van der Waals surface area contributed by atoms with Crippen LogP contribution >= 0.6 is 11.8 Å². The molecular formula is C15H21N5O3S2. The number of hydrogen-bond donors (Lipinski definition) is 2. The number of hydrogen-bond acceptors (Lipinski definition) is 6. The first-order valence-corrected chi connectivity index (χ1v) is 10.4. The molecule has 1 aromatic carbocycles. The van der Waals surface area contributed by atoms with Gasteiger partial charge >= 0.3 is 0 Å². The van der Waals surface area contributed by atoms with Crippen LogP contribution in [0.1, 0.15) is 22.0 Å². The Balaban J connectivity index is 2.12. The number of benzene rings is 1. The number of aromatic nitrogens is 3. The summed E-state index contributed by atoms with van der Waals surface area (Å²) >= 11 is 1.64. The molecule has 0 saturated carbocycles. The van der Waals surface area contributed by atoms with Crippen molar-refractivity contribution in [2.24, 2.45) is 0 Å². The van der Waals surface area contributed by atoms with Crippen LogP contribution in [0.15, 0.2) is 29.2 Å². The van der Waals surface area contributed by atoms with E-state index in [0.29, 0.717) is 23.8 Å². The first kappa shape index (κ1) is 19.4. The van der Waals surface area contributed by atoms with Gasteiger partial charge in [0.25, 0.3) is 5.91 Å². The van der Waals surface area contributed by atoms with E-state index in [9.17, 15) is 13.2 Å². The number of sulfonamides is 1. The topological polar surface area (TPSA) is 108 Å². The fourth-order valence-corrected chi connectivity index (χ4v) is 3.54. The zero-order chi connectivity index (χ0) is 18.4. The number of aromatic amines is 1. The normalized spacial score (nSPS) is 11.5. The third kappa shape index (κ3) is 5.28. The van der Waals surface area contributed by atoms with Crippen LogP contribution in [0.25, 0.3) is 0 Å².